The number of piperidine rings is 1. The van der Waals surface area contributed by atoms with Gasteiger partial charge in [0.1, 0.15) is 5.60 Å². The van der Waals surface area contributed by atoms with Crippen LogP contribution in [0.15, 0.2) is 60.7 Å². The van der Waals surface area contributed by atoms with Crippen molar-refractivity contribution in [1.29, 1.82) is 0 Å². The van der Waals surface area contributed by atoms with Gasteiger partial charge in [0, 0.05) is 18.1 Å². The number of hydrogen-bond acceptors (Lipinski definition) is 3. The molecule has 2 aromatic rings. The fourth-order valence-corrected chi connectivity index (χ4v) is 7.55. The maximum Gasteiger partial charge on any atom is 0.315 e. The number of aliphatic hydroxyl groups is 1. The predicted octanol–water partition coefficient (Wildman–Crippen LogP) is 5.66. The van der Waals surface area contributed by atoms with Crippen LogP contribution < -0.4 is 5.73 Å². The molecule has 2 aliphatic heterocycles. The molecule has 2 saturated heterocycles. The minimum Gasteiger partial charge on any atom is -0.378 e. The van der Waals surface area contributed by atoms with Gasteiger partial charge in [-0.15, -0.1) is 0 Å². The second-order valence-corrected chi connectivity index (χ2v) is 11.4. The molecule has 2 amide bonds. The summed E-state index contributed by atoms with van der Waals surface area (Å²) in [5.74, 6) is 0.717. The second-order valence-electron chi connectivity index (χ2n) is 11.4. The van der Waals surface area contributed by atoms with Crippen LogP contribution in [0.3, 0.4) is 0 Å². The third kappa shape index (κ3) is 4.92. The van der Waals surface area contributed by atoms with Gasteiger partial charge < -0.3 is 15.7 Å². The van der Waals surface area contributed by atoms with E-state index in [2.05, 4.69) is 4.90 Å². The number of urea groups is 1. The van der Waals surface area contributed by atoms with Gasteiger partial charge in [-0.25, -0.2) is 4.79 Å². The summed E-state index contributed by atoms with van der Waals surface area (Å²) in [6, 6.07) is 20.2. The van der Waals surface area contributed by atoms with E-state index in [9.17, 15) is 9.90 Å². The number of rotatable bonds is 8. The zero-order valence-electron chi connectivity index (χ0n) is 21.8. The first kappa shape index (κ1) is 25.3. The number of primary amides is 1. The Kier molecular flexibility index (Phi) is 7.68. The smallest absolute Gasteiger partial charge is 0.315 e. The van der Waals surface area contributed by atoms with Gasteiger partial charge in [-0.3, -0.25) is 4.90 Å². The molecule has 1 saturated carbocycles. The molecule has 5 heteroatoms. The van der Waals surface area contributed by atoms with E-state index in [1.54, 1.807) is 4.90 Å². The molecule has 3 aliphatic rings. The van der Waals surface area contributed by atoms with E-state index in [0.29, 0.717) is 0 Å². The van der Waals surface area contributed by atoms with Crippen molar-refractivity contribution in [3.05, 3.63) is 71.8 Å². The largest absolute Gasteiger partial charge is 0.378 e. The van der Waals surface area contributed by atoms with Crippen molar-refractivity contribution in [2.45, 2.75) is 101 Å². The van der Waals surface area contributed by atoms with Crippen LogP contribution in [0, 0.1) is 5.92 Å². The Morgan fingerprint density at radius 2 is 1.44 bits per heavy atom. The summed E-state index contributed by atoms with van der Waals surface area (Å²) in [5.41, 5.74) is 6.23. The molecule has 2 aromatic carbocycles. The summed E-state index contributed by atoms with van der Waals surface area (Å²) in [7, 11) is 0. The highest BCUT2D eigenvalue weighted by Crippen LogP contribution is 2.40. The average Bonchev–Trinajstić information content (AvgIpc) is 3.13. The lowest BCUT2D eigenvalue weighted by Crippen LogP contribution is -2.58. The molecule has 5 nitrogen and oxygen atoms in total. The van der Waals surface area contributed by atoms with Gasteiger partial charge in [-0.2, -0.15) is 0 Å². The minimum atomic E-state index is -1.35. The first-order valence-electron chi connectivity index (χ1n) is 14.2. The molecule has 0 aromatic heterocycles. The lowest BCUT2D eigenvalue weighted by atomic mass is 9.78. The number of amides is 2. The van der Waals surface area contributed by atoms with Crippen LogP contribution >= 0.6 is 0 Å². The maximum atomic E-state index is 12.9. The van der Waals surface area contributed by atoms with E-state index >= 15 is 0 Å². The molecule has 3 N–H and O–H groups in total. The lowest BCUT2D eigenvalue weighted by Gasteiger charge is -2.46. The number of hydrogen-bond donors (Lipinski definition) is 2. The van der Waals surface area contributed by atoms with Crippen LogP contribution in [0.1, 0.15) is 82.3 Å². The first-order valence-corrected chi connectivity index (χ1v) is 14.2. The zero-order chi connectivity index (χ0) is 25.1. The number of fused-ring (bicyclic) bond motifs is 2. The number of carbonyl (C=O) groups excluding carboxylic acids is 1. The van der Waals surface area contributed by atoms with E-state index in [-0.39, 0.29) is 6.04 Å². The highest BCUT2D eigenvalue weighted by Gasteiger charge is 2.45. The van der Waals surface area contributed by atoms with Gasteiger partial charge in [-0.1, -0.05) is 67.1 Å². The molecule has 2 heterocycles. The van der Waals surface area contributed by atoms with E-state index in [1.165, 1.54) is 45.1 Å². The highest BCUT2D eigenvalue weighted by molar-refractivity contribution is 5.73. The van der Waals surface area contributed by atoms with E-state index in [0.717, 1.165) is 54.8 Å². The van der Waals surface area contributed by atoms with Crippen LogP contribution in [0.2, 0.25) is 0 Å². The fourth-order valence-electron chi connectivity index (χ4n) is 7.55. The number of nitrogens with zero attached hydrogens (tertiary/aromatic N) is 2. The van der Waals surface area contributed by atoms with Crippen LogP contribution in [0.5, 0.6) is 0 Å². The Morgan fingerprint density at radius 1 is 0.917 bits per heavy atom. The molecule has 0 unspecified atom stereocenters. The van der Waals surface area contributed by atoms with Gasteiger partial charge in [0.15, 0.2) is 0 Å². The summed E-state index contributed by atoms with van der Waals surface area (Å²) in [4.78, 5) is 17.5. The van der Waals surface area contributed by atoms with Gasteiger partial charge >= 0.3 is 6.03 Å². The summed E-state index contributed by atoms with van der Waals surface area (Å²) in [6.07, 6.45) is 12.4. The summed E-state index contributed by atoms with van der Waals surface area (Å²) >= 11 is 0. The van der Waals surface area contributed by atoms with Crippen LogP contribution in [0.4, 0.5) is 4.79 Å². The molecule has 2 bridgehead atoms. The Labute approximate surface area is 216 Å². The van der Waals surface area contributed by atoms with Crippen molar-refractivity contribution >= 4 is 6.03 Å². The third-order valence-electron chi connectivity index (χ3n) is 9.56. The Balaban J connectivity index is 1.28. The topological polar surface area (TPSA) is 69.8 Å². The Bertz CT molecular complexity index is 934. The summed E-state index contributed by atoms with van der Waals surface area (Å²) in [6.45, 7) is 3.19. The van der Waals surface area contributed by atoms with E-state index in [4.69, 9.17) is 5.73 Å². The van der Waals surface area contributed by atoms with E-state index in [1.807, 2.05) is 67.6 Å². The van der Waals surface area contributed by atoms with Crippen LogP contribution in [-0.2, 0) is 5.60 Å². The highest BCUT2D eigenvalue weighted by atomic mass is 16.3. The van der Waals surface area contributed by atoms with E-state index < -0.39 is 17.7 Å². The number of nitrogens with two attached hydrogens (primary N) is 1. The van der Waals surface area contributed by atoms with Gasteiger partial charge in [-0.05, 0) is 88.3 Å². The molecular weight excluding hydrogens is 446 g/mol. The van der Waals surface area contributed by atoms with Crippen LogP contribution in [-0.4, -0.2) is 51.6 Å². The first-order chi connectivity index (χ1) is 17.5. The zero-order valence-corrected chi connectivity index (χ0v) is 21.8. The van der Waals surface area contributed by atoms with Crippen molar-refractivity contribution in [3.8, 4) is 0 Å². The van der Waals surface area contributed by atoms with Gasteiger partial charge in [0.2, 0.25) is 0 Å². The molecular formula is C31H43N3O2. The molecule has 0 spiro atoms. The van der Waals surface area contributed by atoms with Crippen molar-refractivity contribution < 1.29 is 9.90 Å². The van der Waals surface area contributed by atoms with Crippen molar-refractivity contribution in [2.24, 2.45) is 11.7 Å². The van der Waals surface area contributed by atoms with Gasteiger partial charge in [0.25, 0.3) is 0 Å². The maximum absolute atomic E-state index is 12.9. The standard InChI is InChI=1S/C31H43N3O2/c1-23(31(36,25-9-4-2-5-10-25)26-11-6-3-7-12-26)34(30(32)35)29-17-15-24(16-18-29)21-22-33-27-13-8-14-28(33)20-19-27/h2-7,9-12,23-24,27-29,36H,8,13-22H2,1H3,(H2,32,35)/t23-,24?,27-,28+,29?/m1/s1. The molecule has 1 aliphatic carbocycles. The molecule has 3 atom stereocenters. The second kappa shape index (κ2) is 10.9. The average molecular weight is 490 g/mol. The van der Waals surface area contributed by atoms with Crippen molar-refractivity contribution in [2.75, 3.05) is 6.54 Å². The SMILES string of the molecule is C[C@@H](N(C(N)=O)C1CCC(CCN2[C@@H]3CCC[C@H]2CC3)CC1)C(O)(c1ccccc1)c1ccccc1. The summed E-state index contributed by atoms with van der Waals surface area (Å²) in [5, 5.41) is 12.3. The van der Waals surface area contributed by atoms with Gasteiger partial charge in [0.05, 0.1) is 6.04 Å². The Morgan fingerprint density at radius 3 is 1.94 bits per heavy atom. The van der Waals surface area contributed by atoms with Crippen molar-refractivity contribution in [1.82, 2.24) is 9.80 Å². The third-order valence-corrected chi connectivity index (χ3v) is 9.56. The minimum absolute atomic E-state index is 0.0545. The fraction of sp³-hybridized carbons (Fsp3) is 0.581. The Hall–Kier alpha value is -2.37. The predicted molar refractivity (Wildman–Crippen MR) is 144 cm³/mol. The normalized spacial score (nSPS) is 27.5. The van der Waals surface area contributed by atoms with Crippen LogP contribution in [0.25, 0.3) is 0 Å². The number of carbonyl (C=O) groups is 1. The molecule has 5 rings (SSSR count). The molecule has 0 radical (unpaired) electrons. The summed E-state index contributed by atoms with van der Waals surface area (Å²) < 4.78 is 0. The lowest BCUT2D eigenvalue weighted by molar-refractivity contribution is -0.0175. The van der Waals surface area contributed by atoms with Crippen molar-refractivity contribution in [3.63, 3.8) is 0 Å². The molecule has 3 fully saturated rings. The molecule has 194 valence electrons. The quantitative estimate of drug-likeness (QED) is 0.503. The molecule has 36 heavy (non-hydrogen) atoms. The monoisotopic (exact) mass is 489 g/mol. The number of benzene rings is 2.